The molecule has 0 saturated heterocycles. The Kier molecular flexibility index (Phi) is 5.80. The van der Waals surface area contributed by atoms with Crippen molar-refractivity contribution in [2.45, 2.75) is 17.9 Å². The van der Waals surface area contributed by atoms with Crippen LogP contribution in [0.3, 0.4) is 0 Å². The molecule has 31 heavy (non-hydrogen) atoms. The molecule has 1 heterocycles. The van der Waals surface area contributed by atoms with E-state index in [4.69, 9.17) is 0 Å². The van der Waals surface area contributed by atoms with E-state index in [0.717, 1.165) is 16.8 Å². The molecule has 3 aromatic carbocycles. The summed E-state index contributed by atoms with van der Waals surface area (Å²) in [6, 6.07) is 21.6. The van der Waals surface area contributed by atoms with Crippen molar-refractivity contribution in [3.8, 4) is 0 Å². The average Bonchev–Trinajstić information content (AvgIpc) is 2.79. The van der Waals surface area contributed by atoms with Crippen molar-refractivity contribution in [3.63, 3.8) is 0 Å². The molecule has 3 aromatic rings. The Balaban J connectivity index is 1.51. The number of hydrogen-bond donors (Lipinski definition) is 1. The Morgan fingerprint density at radius 1 is 0.935 bits per heavy atom. The first-order chi connectivity index (χ1) is 14.8. The van der Waals surface area contributed by atoms with E-state index in [9.17, 15) is 13.2 Å². The zero-order valence-electron chi connectivity index (χ0n) is 17.6. The van der Waals surface area contributed by atoms with Crippen LogP contribution in [0.15, 0.2) is 77.7 Å². The van der Waals surface area contributed by atoms with Gasteiger partial charge in [0.15, 0.2) is 0 Å². The molecule has 0 aliphatic carbocycles. The molecule has 1 aliphatic heterocycles. The van der Waals surface area contributed by atoms with E-state index in [1.807, 2.05) is 49.3 Å². The van der Waals surface area contributed by atoms with Gasteiger partial charge in [0.05, 0.1) is 4.90 Å². The van der Waals surface area contributed by atoms with Crippen molar-refractivity contribution in [1.29, 1.82) is 0 Å². The van der Waals surface area contributed by atoms with Gasteiger partial charge in [-0.1, -0.05) is 24.3 Å². The number of amides is 1. The Morgan fingerprint density at radius 2 is 1.65 bits per heavy atom. The fourth-order valence-corrected chi connectivity index (χ4v) is 5.11. The normalized spacial score (nSPS) is 14.0. The van der Waals surface area contributed by atoms with Crippen molar-refractivity contribution in [2.24, 2.45) is 0 Å². The van der Waals surface area contributed by atoms with Gasteiger partial charge in [-0.05, 0) is 66.1 Å². The van der Waals surface area contributed by atoms with Crippen LogP contribution in [0.1, 0.15) is 21.5 Å². The molecule has 0 aromatic heterocycles. The standard InChI is InChI=1S/C24H25N3O3S/c1-26(2)22-12-9-19(10-13-22)24(28)25-21-11-8-18-14-15-27(17-20(18)16-21)31(29,30)23-6-4-3-5-7-23/h3-13,16H,14-15,17H2,1-2H3,(H,25,28). The molecule has 0 saturated carbocycles. The molecule has 0 unspecified atom stereocenters. The van der Waals surface area contributed by atoms with Crippen LogP contribution < -0.4 is 10.2 Å². The number of fused-ring (bicyclic) bond motifs is 1. The molecule has 1 N–H and O–H groups in total. The highest BCUT2D eigenvalue weighted by molar-refractivity contribution is 7.89. The Hall–Kier alpha value is -3.16. The van der Waals surface area contributed by atoms with Crippen LogP contribution in [0, 0.1) is 0 Å². The van der Waals surface area contributed by atoms with Crippen LogP contribution in [0.25, 0.3) is 0 Å². The van der Waals surface area contributed by atoms with Crippen LogP contribution in [-0.2, 0) is 23.0 Å². The first kappa shape index (κ1) is 21.1. The van der Waals surface area contributed by atoms with Crippen molar-refractivity contribution in [3.05, 3.63) is 89.5 Å². The second kappa shape index (κ2) is 8.53. The number of nitrogens with zero attached hydrogens (tertiary/aromatic N) is 2. The van der Waals surface area contributed by atoms with Crippen LogP contribution in [0.2, 0.25) is 0 Å². The predicted molar refractivity (Wildman–Crippen MR) is 123 cm³/mol. The van der Waals surface area contributed by atoms with E-state index in [1.165, 1.54) is 4.31 Å². The molecule has 0 bridgehead atoms. The van der Waals surface area contributed by atoms with E-state index in [1.54, 1.807) is 42.5 Å². The van der Waals surface area contributed by atoms with Gasteiger partial charge in [0.25, 0.3) is 5.91 Å². The van der Waals surface area contributed by atoms with E-state index in [0.29, 0.717) is 29.1 Å². The lowest BCUT2D eigenvalue weighted by atomic mass is 10.0. The van der Waals surface area contributed by atoms with Gasteiger partial charge in [-0.15, -0.1) is 0 Å². The fourth-order valence-electron chi connectivity index (χ4n) is 3.67. The largest absolute Gasteiger partial charge is 0.378 e. The molecule has 1 aliphatic rings. The topological polar surface area (TPSA) is 69.7 Å². The smallest absolute Gasteiger partial charge is 0.255 e. The first-order valence-corrected chi connectivity index (χ1v) is 11.5. The van der Waals surface area contributed by atoms with E-state index < -0.39 is 10.0 Å². The number of anilines is 2. The molecule has 0 spiro atoms. The Bertz CT molecular complexity index is 1190. The SMILES string of the molecule is CN(C)c1ccc(C(=O)Nc2ccc3c(c2)CN(S(=O)(=O)c2ccccc2)CC3)cc1. The van der Waals surface area contributed by atoms with Gasteiger partial charge < -0.3 is 10.2 Å². The average molecular weight is 436 g/mol. The number of carbonyl (C=O) groups is 1. The minimum atomic E-state index is -3.55. The van der Waals surface area contributed by atoms with Gasteiger partial charge in [0.1, 0.15) is 0 Å². The molecule has 4 rings (SSSR count). The highest BCUT2D eigenvalue weighted by atomic mass is 32.2. The number of rotatable bonds is 5. The van der Waals surface area contributed by atoms with Gasteiger partial charge in [0, 0.05) is 44.1 Å². The molecule has 1 amide bonds. The lowest BCUT2D eigenvalue weighted by Gasteiger charge is -2.28. The maximum atomic E-state index is 13.0. The summed E-state index contributed by atoms with van der Waals surface area (Å²) in [5.41, 5.74) is 4.25. The van der Waals surface area contributed by atoms with Crippen LogP contribution >= 0.6 is 0 Å². The van der Waals surface area contributed by atoms with Crippen LogP contribution in [-0.4, -0.2) is 39.3 Å². The zero-order valence-corrected chi connectivity index (χ0v) is 18.4. The second-order valence-corrected chi connectivity index (χ2v) is 9.72. The van der Waals surface area contributed by atoms with Gasteiger partial charge in [-0.3, -0.25) is 4.79 Å². The number of nitrogens with one attached hydrogen (secondary N) is 1. The molecule has 160 valence electrons. The summed E-state index contributed by atoms with van der Waals surface area (Å²) in [7, 11) is 0.343. The monoisotopic (exact) mass is 435 g/mol. The van der Waals surface area contributed by atoms with E-state index in [2.05, 4.69) is 5.32 Å². The summed E-state index contributed by atoms with van der Waals surface area (Å²) in [6.07, 6.45) is 0.640. The third-order valence-electron chi connectivity index (χ3n) is 5.47. The summed E-state index contributed by atoms with van der Waals surface area (Å²) in [5, 5.41) is 2.92. The van der Waals surface area contributed by atoms with Gasteiger partial charge in [-0.2, -0.15) is 4.31 Å². The molecular formula is C24H25N3O3S. The minimum absolute atomic E-state index is 0.199. The third-order valence-corrected chi connectivity index (χ3v) is 7.33. The molecule has 0 fully saturated rings. The van der Waals surface area contributed by atoms with Gasteiger partial charge >= 0.3 is 0 Å². The second-order valence-electron chi connectivity index (χ2n) is 7.78. The highest BCUT2D eigenvalue weighted by Crippen LogP contribution is 2.27. The van der Waals surface area contributed by atoms with Gasteiger partial charge in [-0.25, -0.2) is 8.42 Å². The summed E-state index contributed by atoms with van der Waals surface area (Å²) >= 11 is 0. The Morgan fingerprint density at radius 3 is 2.32 bits per heavy atom. The third kappa shape index (κ3) is 4.47. The first-order valence-electron chi connectivity index (χ1n) is 10.1. The predicted octanol–water partition coefficient (Wildman–Crippen LogP) is 3.75. The van der Waals surface area contributed by atoms with Crippen molar-refractivity contribution in [2.75, 3.05) is 30.9 Å². The number of carbonyl (C=O) groups excluding carboxylic acids is 1. The molecule has 0 radical (unpaired) electrons. The summed E-state index contributed by atoms with van der Waals surface area (Å²) < 4.78 is 27.4. The van der Waals surface area contributed by atoms with Crippen molar-refractivity contribution in [1.82, 2.24) is 4.31 Å². The quantitative estimate of drug-likeness (QED) is 0.663. The maximum absolute atomic E-state index is 13.0. The van der Waals surface area contributed by atoms with E-state index in [-0.39, 0.29) is 12.5 Å². The summed E-state index contributed by atoms with van der Waals surface area (Å²) in [6.45, 7) is 0.724. The molecule has 6 nitrogen and oxygen atoms in total. The lowest BCUT2D eigenvalue weighted by molar-refractivity contribution is 0.102. The molecular weight excluding hydrogens is 410 g/mol. The fraction of sp³-hybridized carbons (Fsp3) is 0.208. The summed E-state index contributed by atoms with van der Waals surface area (Å²) in [4.78, 5) is 14.9. The Labute approximate surface area is 183 Å². The number of sulfonamides is 1. The lowest BCUT2D eigenvalue weighted by Crippen LogP contribution is -2.36. The van der Waals surface area contributed by atoms with Crippen molar-refractivity contribution < 1.29 is 13.2 Å². The summed E-state index contributed by atoms with van der Waals surface area (Å²) in [5.74, 6) is -0.199. The maximum Gasteiger partial charge on any atom is 0.255 e. The van der Waals surface area contributed by atoms with Crippen LogP contribution in [0.5, 0.6) is 0 Å². The van der Waals surface area contributed by atoms with Crippen molar-refractivity contribution >= 4 is 27.3 Å². The molecule has 7 heteroatoms. The minimum Gasteiger partial charge on any atom is -0.378 e. The highest BCUT2D eigenvalue weighted by Gasteiger charge is 2.28. The van der Waals surface area contributed by atoms with E-state index >= 15 is 0 Å². The zero-order chi connectivity index (χ0) is 22.0. The number of hydrogen-bond acceptors (Lipinski definition) is 4. The molecule has 0 atom stereocenters. The number of benzene rings is 3. The van der Waals surface area contributed by atoms with Gasteiger partial charge in [0.2, 0.25) is 10.0 Å². The van der Waals surface area contributed by atoms with Crippen LogP contribution in [0.4, 0.5) is 11.4 Å².